The number of nitrogens with zero attached hydrogens (tertiary/aromatic N) is 1. The number of halogens is 1. The van der Waals surface area contributed by atoms with Crippen LogP contribution in [0.2, 0.25) is 5.02 Å². The van der Waals surface area contributed by atoms with E-state index in [4.69, 9.17) is 11.6 Å². The number of nitrogens with one attached hydrogen (secondary N) is 1. The van der Waals surface area contributed by atoms with Gasteiger partial charge in [-0.2, -0.15) is 0 Å². The smallest absolute Gasteiger partial charge is 0.251 e. The number of imide groups is 1. The predicted molar refractivity (Wildman–Crippen MR) is 91.8 cm³/mol. The first-order valence-electron chi connectivity index (χ1n) is 7.65. The van der Waals surface area contributed by atoms with Crippen LogP contribution in [0.3, 0.4) is 0 Å². The van der Waals surface area contributed by atoms with Gasteiger partial charge < -0.3 is 10.4 Å². The molecule has 2 atom stereocenters. The highest BCUT2D eigenvalue weighted by Gasteiger charge is 2.39. The highest BCUT2D eigenvalue weighted by atomic mass is 35.5. The summed E-state index contributed by atoms with van der Waals surface area (Å²) in [6.45, 7) is 0.197. The van der Waals surface area contributed by atoms with Gasteiger partial charge in [0, 0.05) is 11.6 Å². The quantitative estimate of drug-likeness (QED) is 0.817. The van der Waals surface area contributed by atoms with Crippen molar-refractivity contribution in [3.8, 4) is 0 Å². The highest BCUT2D eigenvalue weighted by molar-refractivity contribution is 6.30. The van der Waals surface area contributed by atoms with Gasteiger partial charge in [0.05, 0.1) is 24.3 Å². The van der Waals surface area contributed by atoms with Crippen LogP contribution in [-0.4, -0.2) is 29.5 Å². The second-order valence-corrected chi connectivity index (χ2v) is 6.07. The van der Waals surface area contributed by atoms with Gasteiger partial charge in [-0.3, -0.25) is 9.59 Å². The minimum absolute atomic E-state index is 0.0724. The Morgan fingerprint density at radius 1 is 1.12 bits per heavy atom. The standard InChI is InChI=1S/C18H17ClN2O3/c19-13-6-8-14(9-7-13)21-17(23)10-15(18(21)24)20-11-16(22)12-4-2-1-3-5-12/h1-9,15-16,20,22H,10-11H2/t15-,16-/m0/s1. The van der Waals surface area contributed by atoms with Crippen molar-refractivity contribution in [3.05, 3.63) is 65.2 Å². The summed E-state index contributed by atoms with van der Waals surface area (Å²) in [6.07, 6.45) is -0.665. The second-order valence-electron chi connectivity index (χ2n) is 5.64. The van der Waals surface area contributed by atoms with E-state index in [9.17, 15) is 14.7 Å². The fourth-order valence-corrected chi connectivity index (χ4v) is 2.83. The lowest BCUT2D eigenvalue weighted by atomic mass is 10.1. The van der Waals surface area contributed by atoms with Crippen LogP contribution < -0.4 is 10.2 Å². The third-order valence-electron chi connectivity index (χ3n) is 3.97. The molecule has 2 N–H and O–H groups in total. The van der Waals surface area contributed by atoms with Gasteiger partial charge in [-0.05, 0) is 29.8 Å². The Labute approximate surface area is 144 Å². The maximum Gasteiger partial charge on any atom is 0.251 e. The van der Waals surface area contributed by atoms with Gasteiger partial charge in [0.1, 0.15) is 0 Å². The van der Waals surface area contributed by atoms with Crippen LogP contribution in [0, 0.1) is 0 Å². The predicted octanol–water partition coefficient (Wildman–Crippen LogP) is 2.30. The maximum absolute atomic E-state index is 12.5. The van der Waals surface area contributed by atoms with Crippen molar-refractivity contribution in [3.63, 3.8) is 0 Å². The third kappa shape index (κ3) is 3.48. The molecule has 124 valence electrons. The van der Waals surface area contributed by atoms with E-state index in [0.29, 0.717) is 10.7 Å². The van der Waals surface area contributed by atoms with Crippen LogP contribution in [0.4, 0.5) is 5.69 Å². The van der Waals surface area contributed by atoms with Crippen LogP contribution in [0.5, 0.6) is 0 Å². The summed E-state index contributed by atoms with van der Waals surface area (Å²) in [7, 11) is 0. The molecule has 0 saturated carbocycles. The van der Waals surface area contributed by atoms with Gasteiger partial charge in [-0.1, -0.05) is 41.9 Å². The van der Waals surface area contributed by atoms with Crippen LogP contribution in [0.1, 0.15) is 18.1 Å². The van der Waals surface area contributed by atoms with E-state index in [0.717, 1.165) is 10.5 Å². The molecule has 3 rings (SSSR count). The van der Waals surface area contributed by atoms with Crippen molar-refractivity contribution in [2.45, 2.75) is 18.6 Å². The number of aliphatic hydroxyl groups is 1. The van der Waals surface area contributed by atoms with E-state index in [1.807, 2.05) is 30.3 Å². The van der Waals surface area contributed by atoms with Gasteiger partial charge >= 0.3 is 0 Å². The molecule has 1 aliphatic heterocycles. The molecule has 1 fully saturated rings. The molecule has 0 aliphatic carbocycles. The van der Waals surface area contributed by atoms with E-state index in [1.165, 1.54) is 0 Å². The Morgan fingerprint density at radius 2 is 1.79 bits per heavy atom. The summed E-state index contributed by atoms with van der Waals surface area (Å²) in [5.41, 5.74) is 1.26. The number of carbonyl (C=O) groups excluding carboxylic acids is 2. The number of anilines is 1. The Bertz CT molecular complexity index is 734. The first-order chi connectivity index (χ1) is 11.6. The Hall–Kier alpha value is -2.21. The fourth-order valence-electron chi connectivity index (χ4n) is 2.70. The topological polar surface area (TPSA) is 69.6 Å². The van der Waals surface area contributed by atoms with E-state index in [-0.39, 0.29) is 24.8 Å². The van der Waals surface area contributed by atoms with Gasteiger partial charge in [-0.15, -0.1) is 0 Å². The zero-order chi connectivity index (χ0) is 17.1. The number of hydrogen-bond acceptors (Lipinski definition) is 4. The van der Waals surface area contributed by atoms with E-state index in [2.05, 4.69) is 5.32 Å². The lowest BCUT2D eigenvalue weighted by Gasteiger charge is -2.17. The average Bonchev–Trinajstić information content (AvgIpc) is 2.88. The summed E-state index contributed by atoms with van der Waals surface area (Å²) >= 11 is 5.83. The number of rotatable bonds is 5. The number of benzene rings is 2. The van der Waals surface area contributed by atoms with Gasteiger partial charge in [0.2, 0.25) is 5.91 Å². The van der Waals surface area contributed by atoms with Crippen molar-refractivity contribution in [2.24, 2.45) is 0 Å². The molecular formula is C18H17ClN2O3. The van der Waals surface area contributed by atoms with Crippen LogP contribution in [-0.2, 0) is 9.59 Å². The summed E-state index contributed by atoms with van der Waals surface area (Å²) in [6, 6.07) is 15.1. The monoisotopic (exact) mass is 344 g/mol. The van der Waals surface area contributed by atoms with Gasteiger partial charge in [0.25, 0.3) is 5.91 Å². The maximum atomic E-state index is 12.5. The van der Waals surface area contributed by atoms with Gasteiger partial charge in [0.15, 0.2) is 0 Å². The SMILES string of the molecule is O=C1C[C@H](NC[C@H](O)c2ccccc2)C(=O)N1c1ccc(Cl)cc1. The first kappa shape index (κ1) is 16.6. The minimum atomic E-state index is -0.737. The molecule has 0 spiro atoms. The Kier molecular flexibility index (Phi) is 4.94. The molecule has 1 heterocycles. The molecule has 5 nitrogen and oxygen atoms in total. The molecular weight excluding hydrogens is 328 g/mol. The summed E-state index contributed by atoms with van der Waals surface area (Å²) in [5.74, 6) is -0.586. The lowest BCUT2D eigenvalue weighted by Crippen LogP contribution is -2.40. The first-order valence-corrected chi connectivity index (χ1v) is 8.03. The normalized spacial score (nSPS) is 18.9. The molecule has 2 amide bonds. The zero-order valence-electron chi connectivity index (χ0n) is 12.9. The third-order valence-corrected chi connectivity index (χ3v) is 4.23. The molecule has 2 aromatic carbocycles. The second kappa shape index (κ2) is 7.13. The molecule has 0 radical (unpaired) electrons. The van der Waals surface area contributed by atoms with Crippen molar-refractivity contribution in [2.75, 3.05) is 11.4 Å². The number of aliphatic hydroxyl groups excluding tert-OH is 1. The van der Waals surface area contributed by atoms with Crippen LogP contribution in [0.15, 0.2) is 54.6 Å². The summed E-state index contributed by atoms with van der Waals surface area (Å²) in [5, 5.41) is 13.7. The van der Waals surface area contributed by atoms with E-state index >= 15 is 0 Å². The molecule has 0 aromatic heterocycles. The lowest BCUT2D eigenvalue weighted by molar-refractivity contribution is -0.121. The van der Waals surface area contributed by atoms with Crippen LogP contribution >= 0.6 is 11.6 Å². The molecule has 1 aliphatic rings. The van der Waals surface area contributed by atoms with E-state index < -0.39 is 12.1 Å². The Morgan fingerprint density at radius 3 is 2.46 bits per heavy atom. The van der Waals surface area contributed by atoms with Crippen molar-refractivity contribution < 1.29 is 14.7 Å². The Balaban J connectivity index is 1.65. The molecule has 6 heteroatoms. The molecule has 0 bridgehead atoms. The fraction of sp³-hybridized carbons (Fsp3) is 0.222. The molecule has 2 aromatic rings. The minimum Gasteiger partial charge on any atom is -0.387 e. The van der Waals surface area contributed by atoms with Crippen LogP contribution in [0.25, 0.3) is 0 Å². The largest absolute Gasteiger partial charge is 0.387 e. The van der Waals surface area contributed by atoms with Crippen molar-refractivity contribution in [1.82, 2.24) is 5.32 Å². The zero-order valence-corrected chi connectivity index (χ0v) is 13.6. The number of amides is 2. The molecule has 0 unspecified atom stereocenters. The van der Waals surface area contributed by atoms with Crippen molar-refractivity contribution in [1.29, 1.82) is 0 Å². The highest BCUT2D eigenvalue weighted by Crippen LogP contribution is 2.24. The molecule has 1 saturated heterocycles. The average molecular weight is 345 g/mol. The van der Waals surface area contributed by atoms with Crippen molar-refractivity contribution >= 4 is 29.1 Å². The number of carbonyl (C=O) groups is 2. The summed E-state index contributed by atoms with van der Waals surface area (Å²) < 4.78 is 0. The summed E-state index contributed by atoms with van der Waals surface area (Å²) in [4.78, 5) is 25.8. The van der Waals surface area contributed by atoms with E-state index in [1.54, 1.807) is 24.3 Å². The molecule has 24 heavy (non-hydrogen) atoms. The van der Waals surface area contributed by atoms with Gasteiger partial charge in [-0.25, -0.2) is 4.90 Å². The number of hydrogen-bond donors (Lipinski definition) is 2.